The Bertz CT molecular complexity index is 466. The van der Waals surface area contributed by atoms with Gasteiger partial charge in [0.05, 0.1) is 12.2 Å². The number of aromatic nitrogens is 1. The molecule has 0 spiro atoms. The van der Waals surface area contributed by atoms with Crippen molar-refractivity contribution in [3.63, 3.8) is 0 Å². The molecule has 0 amide bonds. The lowest BCUT2D eigenvalue weighted by Crippen LogP contribution is -1.98. The van der Waals surface area contributed by atoms with Crippen LogP contribution in [0.4, 0.5) is 5.69 Å². The Morgan fingerprint density at radius 3 is 2.41 bits per heavy atom. The molecular weight excluding hydrogens is 228 g/mol. The van der Waals surface area contributed by atoms with E-state index < -0.39 is 0 Å². The smallest absolute Gasteiger partial charge is 0.112 e. The van der Waals surface area contributed by atoms with Crippen molar-refractivity contribution in [1.82, 2.24) is 4.98 Å². The summed E-state index contributed by atoms with van der Waals surface area (Å²) in [6.07, 6.45) is 1.09. The molecule has 0 atom stereocenters. The van der Waals surface area contributed by atoms with E-state index in [0.717, 1.165) is 29.4 Å². The molecule has 17 heavy (non-hydrogen) atoms. The van der Waals surface area contributed by atoms with Gasteiger partial charge in [0, 0.05) is 10.6 Å². The number of anilines is 1. The minimum Gasteiger partial charge on any atom is -0.379 e. The highest BCUT2D eigenvalue weighted by atomic mass is 32.1. The Kier molecular flexibility index (Phi) is 3.79. The average molecular weight is 246 g/mol. The number of aryl methyl sites for hydroxylation is 3. The van der Waals surface area contributed by atoms with Gasteiger partial charge < -0.3 is 5.32 Å². The fourth-order valence-corrected chi connectivity index (χ4v) is 2.52. The lowest BCUT2D eigenvalue weighted by Gasteiger charge is -2.04. The van der Waals surface area contributed by atoms with Crippen molar-refractivity contribution < 1.29 is 0 Å². The van der Waals surface area contributed by atoms with Gasteiger partial charge in [0.25, 0.3) is 0 Å². The molecule has 0 aliphatic rings. The lowest BCUT2D eigenvalue weighted by molar-refractivity contribution is 1.07. The predicted octanol–water partition coefficient (Wildman–Crippen LogP) is 3.93. The average Bonchev–Trinajstić information content (AvgIpc) is 2.67. The number of hydrogen-bond acceptors (Lipinski definition) is 3. The van der Waals surface area contributed by atoms with E-state index >= 15 is 0 Å². The summed E-state index contributed by atoms with van der Waals surface area (Å²) in [7, 11) is 0. The number of nitrogens with one attached hydrogen (secondary N) is 1. The van der Waals surface area contributed by atoms with Crippen LogP contribution in [0.1, 0.15) is 28.1 Å². The van der Waals surface area contributed by atoms with E-state index in [2.05, 4.69) is 55.3 Å². The van der Waals surface area contributed by atoms with Crippen LogP contribution in [0.5, 0.6) is 0 Å². The Labute approximate surface area is 107 Å². The molecule has 0 aliphatic heterocycles. The van der Waals surface area contributed by atoms with Crippen LogP contribution in [-0.2, 0) is 13.0 Å². The first kappa shape index (κ1) is 12.1. The first-order valence-corrected chi connectivity index (χ1v) is 6.76. The molecular formula is C14H18N2S. The van der Waals surface area contributed by atoms with Crippen molar-refractivity contribution in [2.24, 2.45) is 0 Å². The fraction of sp³-hybridized carbons (Fsp3) is 0.357. The van der Waals surface area contributed by atoms with E-state index in [1.165, 1.54) is 10.4 Å². The maximum absolute atomic E-state index is 4.52. The molecule has 0 fully saturated rings. The Morgan fingerprint density at radius 1 is 1.18 bits per heavy atom. The summed E-state index contributed by atoms with van der Waals surface area (Å²) < 4.78 is 0. The molecule has 90 valence electrons. The minimum atomic E-state index is 0.810. The fourth-order valence-electron chi connectivity index (χ4n) is 1.65. The van der Waals surface area contributed by atoms with Gasteiger partial charge in [-0.15, -0.1) is 11.3 Å². The van der Waals surface area contributed by atoms with Crippen LogP contribution >= 0.6 is 11.3 Å². The minimum absolute atomic E-state index is 0.810. The summed E-state index contributed by atoms with van der Waals surface area (Å²) in [4.78, 5) is 5.82. The third-order valence-corrected chi connectivity index (χ3v) is 3.95. The Morgan fingerprint density at radius 2 is 1.88 bits per heavy atom. The molecule has 2 rings (SSSR count). The SMILES string of the molecule is CCc1ccc(NCc2nc(C)c(C)s2)cc1. The number of hydrogen-bond donors (Lipinski definition) is 1. The standard InChI is InChI=1S/C14H18N2S/c1-4-12-5-7-13(8-6-12)15-9-14-16-10(2)11(3)17-14/h5-8,15H,4,9H2,1-3H3. The second-order valence-electron chi connectivity index (χ2n) is 4.15. The first-order chi connectivity index (χ1) is 8.19. The highest BCUT2D eigenvalue weighted by Crippen LogP contribution is 2.18. The maximum atomic E-state index is 4.52. The summed E-state index contributed by atoms with van der Waals surface area (Å²) in [5, 5.41) is 4.55. The van der Waals surface area contributed by atoms with Crippen molar-refractivity contribution in [1.29, 1.82) is 0 Å². The van der Waals surface area contributed by atoms with E-state index in [1.807, 2.05) is 0 Å². The summed E-state index contributed by atoms with van der Waals surface area (Å²) >= 11 is 1.77. The first-order valence-electron chi connectivity index (χ1n) is 5.94. The largest absolute Gasteiger partial charge is 0.379 e. The summed E-state index contributed by atoms with van der Waals surface area (Å²) in [5.41, 5.74) is 3.68. The molecule has 1 heterocycles. The molecule has 2 nitrogen and oxygen atoms in total. The molecule has 0 saturated carbocycles. The normalized spacial score (nSPS) is 10.5. The summed E-state index contributed by atoms with van der Waals surface area (Å²) in [5.74, 6) is 0. The molecule has 2 aromatic rings. The highest BCUT2D eigenvalue weighted by Gasteiger charge is 2.02. The molecule has 0 bridgehead atoms. The monoisotopic (exact) mass is 246 g/mol. The van der Waals surface area contributed by atoms with E-state index in [-0.39, 0.29) is 0 Å². The van der Waals surface area contributed by atoms with Crippen molar-refractivity contribution in [3.8, 4) is 0 Å². The quantitative estimate of drug-likeness (QED) is 0.884. The van der Waals surface area contributed by atoms with Gasteiger partial charge in [-0.25, -0.2) is 4.98 Å². The molecule has 0 saturated heterocycles. The second-order valence-corrected chi connectivity index (χ2v) is 5.44. The molecule has 1 aromatic heterocycles. The summed E-state index contributed by atoms with van der Waals surface area (Å²) in [6, 6.07) is 8.60. The van der Waals surface area contributed by atoms with Crippen LogP contribution in [0.25, 0.3) is 0 Å². The highest BCUT2D eigenvalue weighted by molar-refractivity contribution is 7.11. The van der Waals surface area contributed by atoms with Gasteiger partial charge >= 0.3 is 0 Å². The topological polar surface area (TPSA) is 24.9 Å². The Hall–Kier alpha value is -1.35. The van der Waals surface area contributed by atoms with Gasteiger partial charge in [0.2, 0.25) is 0 Å². The van der Waals surface area contributed by atoms with E-state index in [0.29, 0.717) is 0 Å². The van der Waals surface area contributed by atoms with Gasteiger partial charge in [0.1, 0.15) is 5.01 Å². The van der Waals surface area contributed by atoms with Gasteiger partial charge in [0.15, 0.2) is 0 Å². The van der Waals surface area contributed by atoms with Gasteiger partial charge in [-0.2, -0.15) is 0 Å². The van der Waals surface area contributed by atoms with Crippen molar-refractivity contribution in [2.45, 2.75) is 33.7 Å². The lowest BCUT2D eigenvalue weighted by atomic mass is 10.1. The van der Waals surface area contributed by atoms with E-state index in [4.69, 9.17) is 0 Å². The van der Waals surface area contributed by atoms with Crippen LogP contribution in [0.3, 0.4) is 0 Å². The van der Waals surface area contributed by atoms with Gasteiger partial charge in [-0.05, 0) is 38.0 Å². The maximum Gasteiger partial charge on any atom is 0.112 e. The van der Waals surface area contributed by atoms with E-state index in [9.17, 15) is 0 Å². The zero-order valence-corrected chi connectivity index (χ0v) is 11.4. The number of thiazole rings is 1. The van der Waals surface area contributed by atoms with Crippen LogP contribution in [0, 0.1) is 13.8 Å². The van der Waals surface area contributed by atoms with Crippen LogP contribution in [0.2, 0.25) is 0 Å². The predicted molar refractivity (Wildman–Crippen MR) is 74.7 cm³/mol. The third-order valence-electron chi connectivity index (χ3n) is 2.88. The van der Waals surface area contributed by atoms with Crippen LogP contribution in [-0.4, -0.2) is 4.98 Å². The molecule has 0 unspecified atom stereocenters. The molecule has 0 aliphatic carbocycles. The molecule has 3 heteroatoms. The van der Waals surface area contributed by atoms with Crippen molar-refractivity contribution in [2.75, 3.05) is 5.32 Å². The molecule has 1 aromatic carbocycles. The second kappa shape index (κ2) is 5.32. The Balaban J connectivity index is 1.97. The zero-order valence-electron chi connectivity index (χ0n) is 10.6. The van der Waals surface area contributed by atoms with Crippen LogP contribution < -0.4 is 5.32 Å². The van der Waals surface area contributed by atoms with Crippen LogP contribution in [0.15, 0.2) is 24.3 Å². The van der Waals surface area contributed by atoms with Gasteiger partial charge in [-0.1, -0.05) is 19.1 Å². The number of benzene rings is 1. The summed E-state index contributed by atoms with van der Waals surface area (Å²) in [6.45, 7) is 7.16. The van der Waals surface area contributed by atoms with Crippen molar-refractivity contribution >= 4 is 17.0 Å². The number of rotatable bonds is 4. The van der Waals surface area contributed by atoms with Crippen molar-refractivity contribution in [3.05, 3.63) is 45.4 Å². The molecule has 0 radical (unpaired) electrons. The number of nitrogens with zero attached hydrogens (tertiary/aromatic N) is 1. The van der Waals surface area contributed by atoms with Gasteiger partial charge in [-0.3, -0.25) is 0 Å². The zero-order chi connectivity index (χ0) is 12.3. The molecule has 1 N–H and O–H groups in total. The van der Waals surface area contributed by atoms with E-state index in [1.54, 1.807) is 11.3 Å². The third kappa shape index (κ3) is 3.07.